The van der Waals surface area contributed by atoms with Gasteiger partial charge in [0.1, 0.15) is 0 Å². The lowest BCUT2D eigenvalue weighted by Crippen LogP contribution is -2.46. The highest BCUT2D eigenvalue weighted by molar-refractivity contribution is 9.10. The molecule has 1 aromatic carbocycles. The summed E-state index contributed by atoms with van der Waals surface area (Å²) in [6.07, 6.45) is 5.96. The van der Waals surface area contributed by atoms with Crippen LogP contribution in [0.25, 0.3) is 0 Å². The van der Waals surface area contributed by atoms with Crippen LogP contribution in [0.5, 0.6) is 0 Å². The van der Waals surface area contributed by atoms with E-state index in [9.17, 15) is 9.59 Å². The lowest BCUT2D eigenvalue weighted by molar-refractivity contribution is -0.143. The number of amides is 2. The predicted octanol–water partition coefficient (Wildman–Crippen LogP) is 5.07. The number of nitrogens with zero attached hydrogens (tertiary/aromatic N) is 3. The molecule has 0 bridgehead atoms. The molecular formula is C25H34BrN3O2. The van der Waals surface area contributed by atoms with Crippen LogP contribution >= 0.6 is 15.9 Å². The minimum absolute atomic E-state index is 0.0336. The van der Waals surface area contributed by atoms with Gasteiger partial charge in [-0.25, -0.2) is 0 Å². The van der Waals surface area contributed by atoms with Crippen molar-refractivity contribution < 1.29 is 9.59 Å². The molecule has 0 atom stereocenters. The Balaban J connectivity index is 1.70. The molecule has 3 rings (SSSR count). The minimum atomic E-state index is 0.0336. The zero-order valence-corrected chi connectivity index (χ0v) is 20.5. The van der Waals surface area contributed by atoms with Crippen molar-refractivity contribution in [1.82, 2.24) is 14.4 Å². The van der Waals surface area contributed by atoms with E-state index in [2.05, 4.69) is 51.8 Å². The van der Waals surface area contributed by atoms with Gasteiger partial charge in [-0.2, -0.15) is 0 Å². The van der Waals surface area contributed by atoms with Gasteiger partial charge in [0.15, 0.2) is 0 Å². The highest BCUT2D eigenvalue weighted by atomic mass is 79.9. The van der Waals surface area contributed by atoms with Crippen LogP contribution in [-0.4, -0.2) is 45.3 Å². The monoisotopic (exact) mass is 487 g/mol. The molecule has 0 N–H and O–H groups in total. The van der Waals surface area contributed by atoms with E-state index in [-0.39, 0.29) is 30.3 Å². The number of rotatable bonds is 11. The van der Waals surface area contributed by atoms with E-state index < -0.39 is 0 Å². The van der Waals surface area contributed by atoms with E-state index in [1.807, 2.05) is 36.9 Å². The molecule has 1 aromatic heterocycles. The molecule has 0 radical (unpaired) electrons. The van der Waals surface area contributed by atoms with Crippen molar-refractivity contribution in [3.8, 4) is 0 Å². The summed E-state index contributed by atoms with van der Waals surface area (Å²) in [6, 6.07) is 12.5. The average molecular weight is 488 g/mol. The standard InChI is InChI=1S/C25H34BrN3O2/c1-4-5-14-28(24(30)18-29(19(2)3)25(31)21-10-11-21)17-23-7-6-15-27(23)16-20-8-12-22(26)13-9-20/h6-9,12-13,15,19,21H,4-5,10-11,14,16-18H2,1-3H3. The van der Waals surface area contributed by atoms with Crippen LogP contribution in [0.15, 0.2) is 47.1 Å². The van der Waals surface area contributed by atoms with Gasteiger partial charge in [-0.3, -0.25) is 9.59 Å². The number of carbonyl (C=O) groups excluding carboxylic acids is 2. The Morgan fingerprint density at radius 2 is 1.87 bits per heavy atom. The van der Waals surface area contributed by atoms with E-state index in [4.69, 9.17) is 0 Å². The van der Waals surface area contributed by atoms with Gasteiger partial charge in [-0.1, -0.05) is 41.4 Å². The number of benzene rings is 1. The van der Waals surface area contributed by atoms with Gasteiger partial charge in [0.05, 0.1) is 13.1 Å². The summed E-state index contributed by atoms with van der Waals surface area (Å²) >= 11 is 3.48. The maximum absolute atomic E-state index is 13.3. The smallest absolute Gasteiger partial charge is 0.242 e. The average Bonchev–Trinajstić information content (AvgIpc) is 3.51. The summed E-state index contributed by atoms with van der Waals surface area (Å²) in [4.78, 5) is 29.6. The summed E-state index contributed by atoms with van der Waals surface area (Å²) in [5.74, 6) is 0.298. The molecule has 1 saturated carbocycles. The van der Waals surface area contributed by atoms with Crippen molar-refractivity contribution in [3.05, 3.63) is 58.3 Å². The van der Waals surface area contributed by atoms with Gasteiger partial charge in [0.2, 0.25) is 11.8 Å². The quantitative estimate of drug-likeness (QED) is 0.443. The minimum Gasteiger partial charge on any atom is -0.345 e. The fraction of sp³-hybridized carbons (Fsp3) is 0.520. The third kappa shape index (κ3) is 6.70. The molecule has 0 unspecified atom stereocenters. The lowest BCUT2D eigenvalue weighted by atomic mass is 10.2. The Morgan fingerprint density at radius 3 is 2.48 bits per heavy atom. The third-order valence-corrected chi connectivity index (χ3v) is 6.34. The van der Waals surface area contributed by atoms with E-state index in [0.29, 0.717) is 13.1 Å². The lowest BCUT2D eigenvalue weighted by Gasteiger charge is -2.30. The van der Waals surface area contributed by atoms with E-state index >= 15 is 0 Å². The summed E-state index contributed by atoms with van der Waals surface area (Å²) in [6.45, 7) is 8.33. The Kier molecular flexibility index (Phi) is 8.35. The zero-order valence-electron chi connectivity index (χ0n) is 18.9. The predicted molar refractivity (Wildman–Crippen MR) is 128 cm³/mol. The summed E-state index contributed by atoms with van der Waals surface area (Å²) < 4.78 is 3.26. The normalized spacial score (nSPS) is 13.5. The van der Waals surface area contributed by atoms with Crippen LogP contribution in [-0.2, 0) is 22.7 Å². The van der Waals surface area contributed by atoms with Crippen LogP contribution in [0.1, 0.15) is 57.7 Å². The van der Waals surface area contributed by atoms with Crippen LogP contribution in [0, 0.1) is 5.92 Å². The van der Waals surface area contributed by atoms with E-state index in [0.717, 1.165) is 42.4 Å². The first kappa shape index (κ1) is 23.6. The Labute approximate surface area is 194 Å². The third-order valence-electron chi connectivity index (χ3n) is 5.82. The molecule has 31 heavy (non-hydrogen) atoms. The van der Waals surface area contributed by atoms with Crippen molar-refractivity contribution in [1.29, 1.82) is 0 Å². The number of aromatic nitrogens is 1. The van der Waals surface area contributed by atoms with Crippen molar-refractivity contribution >= 4 is 27.7 Å². The second-order valence-corrected chi connectivity index (χ2v) is 9.67. The summed E-state index contributed by atoms with van der Waals surface area (Å²) in [7, 11) is 0. The molecule has 0 spiro atoms. The van der Waals surface area contributed by atoms with Gasteiger partial charge in [0.25, 0.3) is 0 Å². The van der Waals surface area contributed by atoms with Crippen molar-refractivity contribution in [2.75, 3.05) is 13.1 Å². The topological polar surface area (TPSA) is 45.6 Å². The molecule has 1 heterocycles. The Bertz CT molecular complexity index is 871. The van der Waals surface area contributed by atoms with Gasteiger partial charge in [0, 0.05) is 41.4 Å². The van der Waals surface area contributed by atoms with E-state index in [1.54, 1.807) is 4.90 Å². The summed E-state index contributed by atoms with van der Waals surface area (Å²) in [5.41, 5.74) is 2.32. The first-order valence-corrected chi connectivity index (χ1v) is 12.1. The molecule has 168 valence electrons. The Morgan fingerprint density at radius 1 is 1.16 bits per heavy atom. The number of carbonyl (C=O) groups is 2. The second-order valence-electron chi connectivity index (χ2n) is 8.76. The number of halogens is 1. The molecule has 0 saturated heterocycles. The molecule has 1 aliphatic carbocycles. The maximum Gasteiger partial charge on any atom is 0.242 e. The number of unbranched alkanes of at least 4 members (excludes halogenated alkanes) is 1. The molecule has 5 nitrogen and oxygen atoms in total. The Hall–Kier alpha value is -2.08. The van der Waals surface area contributed by atoms with Gasteiger partial charge < -0.3 is 14.4 Å². The van der Waals surface area contributed by atoms with Crippen molar-refractivity contribution in [3.63, 3.8) is 0 Å². The van der Waals surface area contributed by atoms with Crippen LogP contribution in [0.2, 0.25) is 0 Å². The largest absolute Gasteiger partial charge is 0.345 e. The van der Waals surface area contributed by atoms with Crippen molar-refractivity contribution in [2.45, 2.75) is 65.6 Å². The zero-order chi connectivity index (χ0) is 22.4. The fourth-order valence-electron chi connectivity index (χ4n) is 3.70. The van der Waals surface area contributed by atoms with Gasteiger partial charge in [-0.15, -0.1) is 0 Å². The number of hydrogen-bond acceptors (Lipinski definition) is 2. The molecular weight excluding hydrogens is 454 g/mol. The van der Waals surface area contributed by atoms with Gasteiger partial charge >= 0.3 is 0 Å². The molecule has 2 amide bonds. The first-order valence-electron chi connectivity index (χ1n) is 11.4. The van der Waals surface area contributed by atoms with Gasteiger partial charge in [-0.05, 0) is 62.9 Å². The molecule has 6 heteroatoms. The van der Waals surface area contributed by atoms with E-state index in [1.165, 1.54) is 5.56 Å². The molecule has 1 fully saturated rings. The second kappa shape index (κ2) is 11.0. The summed E-state index contributed by atoms with van der Waals surface area (Å²) in [5, 5.41) is 0. The maximum atomic E-state index is 13.3. The first-order chi connectivity index (χ1) is 14.9. The molecule has 1 aliphatic rings. The molecule has 0 aliphatic heterocycles. The number of hydrogen-bond donors (Lipinski definition) is 0. The SMILES string of the molecule is CCCCN(Cc1cccn1Cc1ccc(Br)cc1)C(=O)CN(C(=O)C1CC1)C(C)C. The van der Waals surface area contributed by atoms with Crippen LogP contribution < -0.4 is 0 Å². The van der Waals surface area contributed by atoms with Crippen LogP contribution in [0.3, 0.4) is 0 Å². The molecule has 2 aromatic rings. The highest BCUT2D eigenvalue weighted by Crippen LogP contribution is 2.31. The fourth-order valence-corrected chi connectivity index (χ4v) is 3.96. The highest BCUT2D eigenvalue weighted by Gasteiger charge is 2.35. The van der Waals surface area contributed by atoms with Crippen LogP contribution in [0.4, 0.5) is 0 Å². The van der Waals surface area contributed by atoms with Crippen molar-refractivity contribution in [2.24, 2.45) is 5.92 Å².